The van der Waals surface area contributed by atoms with Crippen LogP contribution in [-0.4, -0.2) is 209 Å². The van der Waals surface area contributed by atoms with Gasteiger partial charge in [0.05, 0.1) is 115 Å². The summed E-state index contributed by atoms with van der Waals surface area (Å²) in [6.07, 6.45) is -10.3. The minimum atomic E-state index is -4.64. The van der Waals surface area contributed by atoms with Crippen LogP contribution in [0.1, 0.15) is 118 Å². The van der Waals surface area contributed by atoms with Gasteiger partial charge in [0.1, 0.15) is 61.2 Å². The molecule has 35 heteroatoms. The number of imidazole rings is 1. The highest BCUT2D eigenvalue weighted by Crippen LogP contribution is 2.53. The minimum Gasteiger partial charge on any atom is -0.497 e. The molecule has 7 aromatic carbocycles. The van der Waals surface area contributed by atoms with Crippen LogP contribution in [-0.2, 0) is 84.9 Å². The van der Waals surface area contributed by atoms with E-state index >= 15 is 0 Å². The molecule has 652 valence electrons. The largest absolute Gasteiger partial charge is 0.497 e. The first-order chi connectivity index (χ1) is 60.4. The molecule has 124 heavy (non-hydrogen) atoms. The number of methoxy groups -OCH3 is 2. The lowest BCUT2D eigenvalue weighted by Crippen LogP contribution is -2.63. The van der Waals surface area contributed by atoms with E-state index in [9.17, 15) is 39.1 Å². The number of hydrogen-bond acceptors (Lipinski definition) is 29. The Balaban J connectivity index is 0.802. The smallest absolute Gasteiger partial charge is 0.475 e. The molecule has 0 saturated carbocycles. The van der Waals surface area contributed by atoms with Crippen LogP contribution >= 0.6 is 16.3 Å². The Morgan fingerprint density at radius 1 is 0.581 bits per heavy atom. The van der Waals surface area contributed by atoms with E-state index in [1.807, 2.05) is 113 Å². The van der Waals surface area contributed by atoms with Crippen molar-refractivity contribution >= 4 is 63.1 Å². The zero-order valence-electron chi connectivity index (χ0n) is 69.2. The summed E-state index contributed by atoms with van der Waals surface area (Å²) in [5.74, 6) is -2.30. The number of nitrogens with one attached hydrogen (secondary N) is 2. The molecular weight excluding hydrogens is 1640 g/mol. The summed E-state index contributed by atoms with van der Waals surface area (Å²) in [4.78, 5) is 87.0. The van der Waals surface area contributed by atoms with Crippen LogP contribution in [0.15, 0.2) is 213 Å². The third-order valence-corrected chi connectivity index (χ3v) is 23.1. The van der Waals surface area contributed by atoms with E-state index in [2.05, 4.69) is 31.2 Å². The van der Waals surface area contributed by atoms with E-state index in [0.29, 0.717) is 17.1 Å². The predicted molar refractivity (Wildman–Crippen MR) is 449 cm³/mol. The van der Waals surface area contributed by atoms with Gasteiger partial charge in [-0.1, -0.05) is 127 Å². The number of nitrogens with zero attached hydrogens (tertiary/aromatic N) is 8. The fourth-order valence-corrected chi connectivity index (χ4v) is 16.6. The maximum absolute atomic E-state index is 14.3. The van der Waals surface area contributed by atoms with Gasteiger partial charge in [0, 0.05) is 30.6 Å². The van der Waals surface area contributed by atoms with Gasteiger partial charge in [-0.05, 0) is 124 Å². The Hall–Kier alpha value is -11.4. The predicted octanol–water partition coefficient (Wildman–Crippen LogP) is 13.3. The highest BCUT2D eigenvalue weighted by atomic mass is 31.2. The second kappa shape index (κ2) is 47.5. The van der Waals surface area contributed by atoms with Gasteiger partial charge in [0.25, 0.3) is 14.4 Å². The van der Waals surface area contributed by atoms with Crippen molar-refractivity contribution in [1.82, 2.24) is 29.5 Å². The van der Waals surface area contributed by atoms with Gasteiger partial charge in [-0.15, -0.1) is 0 Å². The van der Waals surface area contributed by atoms with Crippen molar-refractivity contribution in [2.24, 2.45) is 0 Å². The van der Waals surface area contributed by atoms with Crippen molar-refractivity contribution in [3.63, 3.8) is 0 Å². The first-order valence-electron chi connectivity index (χ1n) is 40.1. The maximum atomic E-state index is 14.3. The average molecular weight is 1740 g/mol. The molecule has 2 aromatic heterocycles. The van der Waals surface area contributed by atoms with E-state index < -0.39 is 127 Å². The van der Waals surface area contributed by atoms with Crippen LogP contribution in [0.2, 0.25) is 0 Å². The van der Waals surface area contributed by atoms with E-state index in [1.54, 1.807) is 104 Å². The Bertz CT molecular complexity index is 4980. The number of aromatic nitrogens is 4. The Kier molecular flexibility index (Phi) is 35.8. The number of benzene rings is 7. The number of ether oxygens (including phenoxy) is 12. The molecule has 2 aliphatic rings. The van der Waals surface area contributed by atoms with Crippen molar-refractivity contribution < 1.29 is 108 Å². The zero-order chi connectivity index (χ0) is 87.6. The number of carbonyl (C=O) groups is 5. The summed E-state index contributed by atoms with van der Waals surface area (Å²) in [5.41, 5.74) is 1.97. The molecule has 2 fully saturated rings. The highest BCUT2D eigenvalue weighted by molar-refractivity contribution is 7.48. The quantitative estimate of drug-likeness (QED) is 0.00680. The number of nitriles is 2. The Morgan fingerprint density at radius 3 is 1.69 bits per heavy atom. The molecule has 33 nitrogen and oxygen atoms in total. The molecule has 2 amide bonds. The SMILES string of the molecule is [C-]#[N+]CCOP(=O)(OCCC#N)OC[C@H]1O[C@H](OCCCC(=O)NCCOCCOCO[C@@H]2[C@H](OP(OCCC#N)N(C(C)C)C(C)C)[C@@H](COC(c3ccccc3)(c3ccc(OC)cc3)c3ccc(OC)cc3)O[C@H]2n2cnc3c(NC(=O)c4ccccc4)ncnc32)C(OC(=O)c2ccccc2)C(OC(=O)c2ccccc2)[C@@H]1OC(=O)c1ccccc1. The minimum absolute atomic E-state index is 0.0120. The fraction of sp³-hybridized carbons (Fsp3) is 0.382. The van der Waals surface area contributed by atoms with Gasteiger partial charge in [0.15, 0.2) is 47.8 Å². The van der Waals surface area contributed by atoms with Crippen molar-refractivity contribution in [3.8, 4) is 23.6 Å². The molecule has 2 aliphatic heterocycles. The summed E-state index contributed by atoms with van der Waals surface area (Å²) < 4.78 is 125. The van der Waals surface area contributed by atoms with Gasteiger partial charge in [-0.2, -0.15) is 10.5 Å². The molecule has 11 rings (SSSR count). The van der Waals surface area contributed by atoms with E-state index in [1.165, 1.54) is 49.1 Å². The monoisotopic (exact) mass is 1740 g/mol. The number of hydrogen-bond donors (Lipinski definition) is 2. The lowest BCUT2D eigenvalue weighted by molar-refractivity contribution is -0.298. The van der Waals surface area contributed by atoms with Crippen LogP contribution in [0.3, 0.4) is 0 Å². The van der Waals surface area contributed by atoms with Crippen LogP contribution in [0.5, 0.6) is 11.5 Å². The number of amides is 2. The second-order valence-electron chi connectivity index (χ2n) is 28.4. The van der Waals surface area contributed by atoms with Crippen molar-refractivity contribution in [2.45, 2.75) is 126 Å². The van der Waals surface area contributed by atoms with Crippen LogP contribution in [0, 0.1) is 29.2 Å². The topological polar surface area (TPSA) is 382 Å². The second-order valence-corrected chi connectivity index (χ2v) is 31.5. The van der Waals surface area contributed by atoms with Crippen molar-refractivity contribution in [1.29, 1.82) is 10.5 Å². The lowest BCUT2D eigenvalue weighted by Gasteiger charge is -2.44. The van der Waals surface area contributed by atoms with Crippen molar-refractivity contribution in [3.05, 3.63) is 263 Å². The van der Waals surface area contributed by atoms with Gasteiger partial charge in [0.2, 0.25) is 12.5 Å². The van der Waals surface area contributed by atoms with E-state index in [4.69, 9.17) is 96.0 Å². The Labute approximate surface area is 719 Å². The first kappa shape index (κ1) is 93.3. The molecule has 4 heterocycles. The fourth-order valence-electron chi connectivity index (χ4n) is 13.7. The molecule has 11 atom stereocenters. The number of fused-ring (bicyclic) bond motifs is 1. The average Bonchev–Trinajstić information content (AvgIpc) is 1.37. The number of carbonyl (C=O) groups excluding carboxylic acids is 5. The molecule has 2 N–H and O–H groups in total. The Morgan fingerprint density at radius 2 is 1.11 bits per heavy atom. The first-order valence-corrected chi connectivity index (χ1v) is 42.7. The molecule has 0 spiro atoms. The molecular formula is C89H98N10O23P2. The van der Waals surface area contributed by atoms with Gasteiger partial charge >= 0.3 is 25.7 Å². The van der Waals surface area contributed by atoms with E-state index in [0.717, 1.165) is 16.7 Å². The van der Waals surface area contributed by atoms with Gasteiger partial charge in [-0.3, -0.25) is 27.7 Å². The number of phosphoric acid groups is 1. The van der Waals surface area contributed by atoms with Crippen LogP contribution in [0.4, 0.5) is 5.82 Å². The molecule has 9 aromatic rings. The number of anilines is 1. The maximum Gasteiger partial charge on any atom is 0.475 e. The summed E-state index contributed by atoms with van der Waals surface area (Å²) in [5, 5.41) is 24.9. The number of phosphoric ester groups is 1. The normalized spacial score (nSPS) is 18.9. The lowest BCUT2D eigenvalue weighted by atomic mass is 9.80. The van der Waals surface area contributed by atoms with Gasteiger partial charge < -0.3 is 81.4 Å². The van der Waals surface area contributed by atoms with Crippen LogP contribution < -0.4 is 20.1 Å². The molecule has 0 aliphatic carbocycles. The standard InChI is InChI=1S/C89H98N10O23P2/c1-61(2)99(62(3)4)123(113-50-24-45-90)122-77-72(56-112-89(67-34-21-12-22-35-67,68-37-41-70(106-6)42-38-68)69-39-43-71(107-7)44-40-69)117-84(98-59-96-75-81(94-58-95-82(75)98)97-83(101)63-26-13-8-14-27-63)79(77)111-60-109-55-54-108-52-48-93-74(100)36-23-49-110-88-80(121-87(104)66-32-19-11-20-33-66)78(120-86(103)65-30-17-10-18-31-65)76(119-85(102)64-28-15-9-16-29-64)73(118-88)57-116-124(105,114-51-25-46-91)115-53-47-92-5/h8-22,26-35,37-44,58-59,61-62,72-73,76-80,84,88H,23-25,36,47-57,60H2,1-4,6-7H3,(H,93,100)(H,94,95,97,101)/t72-,73-,76-,77-,78?,79-,80?,84-,88+,123?,124?/m1/s1. The van der Waals surface area contributed by atoms with Crippen molar-refractivity contribution in [2.75, 3.05) is 98.9 Å². The van der Waals surface area contributed by atoms with E-state index in [-0.39, 0.29) is 131 Å². The number of rotatable bonds is 48. The molecule has 0 radical (unpaired) electrons. The highest BCUT2D eigenvalue weighted by Gasteiger charge is 2.55. The third kappa shape index (κ3) is 25.2. The molecule has 2 saturated heterocycles. The summed E-state index contributed by atoms with van der Waals surface area (Å²) in [7, 11) is -3.48. The summed E-state index contributed by atoms with van der Waals surface area (Å²) in [6.45, 7) is 12.8. The number of esters is 3. The third-order valence-electron chi connectivity index (χ3n) is 19.5. The molecule has 4 unspecified atom stereocenters. The summed E-state index contributed by atoms with van der Waals surface area (Å²) >= 11 is 0. The molecule has 0 bridgehead atoms. The van der Waals surface area contributed by atoms with Crippen LogP contribution in [0.25, 0.3) is 16.0 Å². The summed E-state index contributed by atoms with van der Waals surface area (Å²) in [6, 6.07) is 60.8. The zero-order valence-corrected chi connectivity index (χ0v) is 71.0. The van der Waals surface area contributed by atoms with Gasteiger partial charge in [-0.25, -0.2) is 45.1 Å².